The molecule has 1 N–H and O–H groups in total. The molecule has 1 fully saturated rings. The van der Waals surface area contributed by atoms with Crippen molar-refractivity contribution in [2.75, 3.05) is 57.2 Å². The molecule has 0 bridgehead atoms. The van der Waals surface area contributed by atoms with E-state index >= 15 is 0 Å². The van der Waals surface area contributed by atoms with Gasteiger partial charge >= 0.3 is 0 Å². The van der Waals surface area contributed by atoms with Crippen LogP contribution in [-0.2, 0) is 11.3 Å². The summed E-state index contributed by atoms with van der Waals surface area (Å²) in [6.07, 6.45) is 3.01. The number of halogens is 1. The molecule has 8 nitrogen and oxygen atoms in total. The van der Waals surface area contributed by atoms with Crippen molar-refractivity contribution in [1.29, 1.82) is 0 Å². The van der Waals surface area contributed by atoms with E-state index in [9.17, 15) is 0 Å². The zero-order chi connectivity index (χ0) is 24.2. The quantitative estimate of drug-likeness (QED) is 0.383. The molecule has 0 radical (unpaired) electrons. The Balaban J connectivity index is 1.46. The number of ether oxygens (including phenoxy) is 1. The van der Waals surface area contributed by atoms with Crippen molar-refractivity contribution in [1.82, 2.24) is 24.4 Å². The molecule has 4 aromatic rings. The highest BCUT2D eigenvalue weighted by molar-refractivity contribution is 6.30. The molecular formula is C26H30ClN7O. The van der Waals surface area contributed by atoms with Crippen molar-refractivity contribution in [2.45, 2.75) is 13.0 Å². The van der Waals surface area contributed by atoms with Gasteiger partial charge in [-0.05, 0) is 63.5 Å². The van der Waals surface area contributed by atoms with Crippen molar-refractivity contribution < 1.29 is 4.74 Å². The lowest BCUT2D eigenvalue weighted by molar-refractivity contribution is 0.122. The maximum atomic E-state index is 6.06. The summed E-state index contributed by atoms with van der Waals surface area (Å²) in [5.74, 6) is 1.42. The highest BCUT2D eigenvalue weighted by atomic mass is 35.5. The lowest BCUT2D eigenvalue weighted by atomic mass is 10.1. The lowest BCUT2D eigenvalue weighted by Gasteiger charge is -2.27. The molecule has 0 spiro atoms. The second-order valence-corrected chi connectivity index (χ2v) is 9.40. The summed E-state index contributed by atoms with van der Waals surface area (Å²) in [4.78, 5) is 18.8. The van der Waals surface area contributed by atoms with E-state index in [1.165, 1.54) is 0 Å². The van der Waals surface area contributed by atoms with Gasteiger partial charge in [-0.3, -0.25) is 0 Å². The number of nitrogens with zero attached hydrogens (tertiary/aromatic N) is 6. The average Bonchev–Trinajstić information content (AvgIpc) is 3.28. The molecule has 2 aromatic carbocycles. The van der Waals surface area contributed by atoms with Gasteiger partial charge in [0, 0.05) is 42.0 Å². The van der Waals surface area contributed by atoms with Crippen LogP contribution in [0.1, 0.15) is 6.42 Å². The van der Waals surface area contributed by atoms with Crippen LogP contribution in [0.5, 0.6) is 0 Å². The van der Waals surface area contributed by atoms with E-state index in [0.717, 1.165) is 66.4 Å². The monoisotopic (exact) mass is 491 g/mol. The van der Waals surface area contributed by atoms with Crippen LogP contribution in [0.4, 0.5) is 17.5 Å². The average molecular weight is 492 g/mol. The van der Waals surface area contributed by atoms with Gasteiger partial charge < -0.3 is 24.4 Å². The van der Waals surface area contributed by atoms with Gasteiger partial charge in [0.15, 0.2) is 0 Å². The van der Waals surface area contributed by atoms with E-state index in [-0.39, 0.29) is 0 Å². The van der Waals surface area contributed by atoms with Gasteiger partial charge in [0.2, 0.25) is 5.95 Å². The Morgan fingerprint density at radius 3 is 2.60 bits per heavy atom. The molecule has 35 heavy (non-hydrogen) atoms. The predicted octanol–water partition coefficient (Wildman–Crippen LogP) is 4.68. The maximum Gasteiger partial charge on any atom is 0.228 e. The number of hydrogen-bond donors (Lipinski definition) is 1. The number of benzene rings is 2. The summed E-state index contributed by atoms with van der Waals surface area (Å²) in [6.45, 7) is 4.86. The van der Waals surface area contributed by atoms with Gasteiger partial charge in [0.25, 0.3) is 0 Å². The molecule has 5 rings (SSSR count). The highest BCUT2D eigenvalue weighted by Gasteiger charge is 2.17. The Hall–Kier alpha value is -3.20. The lowest BCUT2D eigenvalue weighted by Crippen LogP contribution is -2.37. The molecule has 0 unspecified atom stereocenters. The second kappa shape index (κ2) is 10.6. The molecule has 0 saturated carbocycles. The van der Waals surface area contributed by atoms with Crippen molar-refractivity contribution in [3.63, 3.8) is 0 Å². The van der Waals surface area contributed by atoms with Crippen LogP contribution in [0.2, 0.25) is 5.02 Å². The first kappa shape index (κ1) is 23.5. The summed E-state index contributed by atoms with van der Waals surface area (Å²) in [6, 6.07) is 15.9. The van der Waals surface area contributed by atoms with Crippen molar-refractivity contribution in [3.05, 3.63) is 59.9 Å². The summed E-state index contributed by atoms with van der Waals surface area (Å²) in [5, 5.41) is 4.10. The van der Waals surface area contributed by atoms with E-state index in [4.69, 9.17) is 26.3 Å². The standard InChI is InChI=1S/C26H30ClN7O/c1-32(2)10-3-11-34-18-28-23-16-19(4-9-24(23)34)22-17-25(29-21-7-5-20(27)6-8-21)31-26(30-22)33-12-14-35-15-13-33/h4-9,16-18H,3,10-15H2,1-2H3,(H,29,30,31). The van der Waals surface area contributed by atoms with Crippen molar-refractivity contribution >= 4 is 40.1 Å². The number of morpholine rings is 1. The molecule has 0 aliphatic carbocycles. The molecule has 2 aromatic heterocycles. The van der Waals surface area contributed by atoms with Gasteiger partial charge in [0.1, 0.15) is 5.82 Å². The number of hydrogen-bond acceptors (Lipinski definition) is 7. The van der Waals surface area contributed by atoms with E-state index in [0.29, 0.717) is 24.2 Å². The zero-order valence-corrected chi connectivity index (χ0v) is 20.9. The molecular weight excluding hydrogens is 462 g/mol. The minimum Gasteiger partial charge on any atom is -0.378 e. The Kier molecular flexibility index (Phi) is 7.13. The van der Waals surface area contributed by atoms with Crippen LogP contribution in [0.15, 0.2) is 54.9 Å². The Morgan fingerprint density at radius 1 is 1.03 bits per heavy atom. The fourth-order valence-corrected chi connectivity index (χ4v) is 4.32. The summed E-state index contributed by atoms with van der Waals surface area (Å²) < 4.78 is 7.74. The number of nitrogens with one attached hydrogen (secondary N) is 1. The molecule has 1 saturated heterocycles. The van der Waals surface area contributed by atoms with Gasteiger partial charge in [-0.1, -0.05) is 17.7 Å². The van der Waals surface area contributed by atoms with Crippen LogP contribution in [0, 0.1) is 0 Å². The summed E-state index contributed by atoms with van der Waals surface area (Å²) in [5.41, 5.74) is 4.87. The number of aryl methyl sites for hydroxylation is 1. The van der Waals surface area contributed by atoms with E-state index < -0.39 is 0 Å². The van der Waals surface area contributed by atoms with Crippen LogP contribution >= 0.6 is 11.6 Å². The van der Waals surface area contributed by atoms with Gasteiger partial charge in [-0.15, -0.1) is 0 Å². The fraction of sp³-hybridized carbons (Fsp3) is 0.346. The maximum absolute atomic E-state index is 6.06. The van der Waals surface area contributed by atoms with Crippen molar-refractivity contribution in [2.24, 2.45) is 0 Å². The smallest absolute Gasteiger partial charge is 0.228 e. The minimum absolute atomic E-state index is 0.671. The first-order valence-corrected chi connectivity index (χ1v) is 12.3. The van der Waals surface area contributed by atoms with Crippen LogP contribution in [-0.4, -0.2) is 71.4 Å². The largest absolute Gasteiger partial charge is 0.378 e. The third kappa shape index (κ3) is 5.73. The first-order valence-electron chi connectivity index (χ1n) is 11.9. The SMILES string of the molecule is CN(C)CCCn1cnc2cc(-c3cc(Nc4ccc(Cl)cc4)nc(N4CCOCC4)n3)ccc21. The molecule has 9 heteroatoms. The molecule has 1 aliphatic rings. The Bertz CT molecular complexity index is 1280. The van der Waals surface area contributed by atoms with Crippen LogP contribution < -0.4 is 10.2 Å². The number of aromatic nitrogens is 4. The highest BCUT2D eigenvalue weighted by Crippen LogP contribution is 2.28. The number of imidazole rings is 1. The Labute approximate surface area is 210 Å². The van der Waals surface area contributed by atoms with Crippen LogP contribution in [0.25, 0.3) is 22.3 Å². The number of rotatable bonds is 8. The van der Waals surface area contributed by atoms with Gasteiger partial charge in [0.05, 0.1) is 36.3 Å². The predicted molar refractivity (Wildman–Crippen MR) is 142 cm³/mol. The zero-order valence-electron chi connectivity index (χ0n) is 20.1. The number of fused-ring (bicyclic) bond motifs is 1. The Morgan fingerprint density at radius 2 is 1.83 bits per heavy atom. The molecule has 0 atom stereocenters. The third-order valence-electron chi connectivity index (χ3n) is 6.05. The van der Waals surface area contributed by atoms with Crippen LogP contribution in [0.3, 0.4) is 0 Å². The van der Waals surface area contributed by atoms with Crippen molar-refractivity contribution in [3.8, 4) is 11.3 Å². The molecule has 1 aliphatic heterocycles. The van der Waals surface area contributed by atoms with E-state index in [1.54, 1.807) is 0 Å². The normalized spacial score (nSPS) is 14.1. The third-order valence-corrected chi connectivity index (χ3v) is 6.30. The minimum atomic E-state index is 0.671. The second-order valence-electron chi connectivity index (χ2n) is 8.97. The fourth-order valence-electron chi connectivity index (χ4n) is 4.19. The summed E-state index contributed by atoms with van der Waals surface area (Å²) in [7, 11) is 4.20. The molecule has 182 valence electrons. The van der Waals surface area contributed by atoms with E-state index in [1.807, 2.05) is 36.7 Å². The first-order chi connectivity index (χ1) is 17.0. The number of anilines is 3. The molecule has 3 heterocycles. The van der Waals surface area contributed by atoms with E-state index in [2.05, 4.69) is 57.0 Å². The van der Waals surface area contributed by atoms with Gasteiger partial charge in [-0.2, -0.15) is 4.98 Å². The molecule has 0 amide bonds. The summed E-state index contributed by atoms with van der Waals surface area (Å²) >= 11 is 6.06. The van der Waals surface area contributed by atoms with Gasteiger partial charge in [-0.25, -0.2) is 9.97 Å². The topological polar surface area (TPSA) is 71.3 Å².